The summed E-state index contributed by atoms with van der Waals surface area (Å²) in [4.78, 5) is 0. The Morgan fingerprint density at radius 2 is 2.50 bits per heavy atom. The minimum Gasteiger partial charge on any atom is -0.362 e. The maximum Gasteiger partial charge on any atom is 0.137 e. The van der Waals surface area contributed by atoms with E-state index in [0.29, 0.717) is 6.04 Å². The lowest BCUT2D eigenvalue weighted by molar-refractivity contribution is -0.0505. The van der Waals surface area contributed by atoms with Crippen molar-refractivity contribution in [2.24, 2.45) is 0 Å². The molecule has 3 nitrogen and oxygen atoms in total. The van der Waals surface area contributed by atoms with Crippen LogP contribution in [0.1, 0.15) is 11.7 Å². The van der Waals surface area contributed by atoms with Crippen molar-refractivity contribution < 1.29 is 4.74 Å². The maximum absolute atomic E-state index is 5.20. The molecule has 12 heavy (non-hydrogen) atoms. The second-order valence-corrected chi connectivity index (χ2v) is 4.52. The summed E-state index contributed by atoms with van der Waals surface area (Å²) in [5.41, 5.74) is 1.02. The predicted octanol–water partition coefficient (Wildman–Crippen LogP) is 2.25. The van der Waals surface area contributed by atoms with Crippen LogP contribution in [0.15, 0.2) is 10.7 Å². The molecule has 0 bridgehead atoms. The molecule has 5 heteroatoms. The Hall–Kier alpha value is 0.130. The molecule has 1 aliphatic rings. The zero-order valence-corrected chi connectivity index (χ0v) is 9.67. The third-order valence-electron chi connectivity index (χ3n) is 1.86. The minimum atomic E-state index is 0.105. The van der Waals surface area contributed by atoms with Gasteiger partial charge in [0.2, 0.25) is 0 Å². The highest BCUT2D eigenvalue weighted by molar-refractivity contribution is 9.10. The van der Waals surface area contributed by atoms with Crippen LogP contribution in [0.3, 0.4) is 0 Å². The van der Waals surface area contributed by atoms with E-state index in [1.54, 1.807) is 0 Å². The van der Waals surface area contributed by atoms with Gasteiger partial charge in [0.1, 0.15) is 15.7 Å². The normalized spacial score (nSPS) is 28.6. The van der Waals surface area contributed by atoms with Crippen LogP contribution in [-0.4, -0.2) is 21.4 Å². The highest BCUT2D eigenvalue weighted by Crippen LogP contribution is 2.32. The summed E-state index contributed by atoms with van der Waals surface area (Å²) in [6, 6.07) is 2.32. The van der Waals surface area contributed by atoms with E-state index in [1.165, 1.54) is 0 Å². The largest absolute Gasteiger partial charge is 0.362 e. The Morgan fingerprint density at radius 3 is 2.83 bits per heavy atom. The Labute approximate surface area is 87.3 Å². The number of nitrogens with zero attached hydrogens (tertiary/aromatic N) is 2. The predicted molar refractivity (Wildman–Crippen MR) is 52.4 cm³/mol. The van der Waals surface area contributed by atoms with Gasteiger partial charge in [-0.05, 0) is 28.9 Å². The molecule has 2 atom stereocenters. The summed E-state index contributed by atoms with van der Waals surface area (Å²) >= 11 is 6.85. The van der Waals surface area contributed by atoms with Crippen LogP contribution in [0.25, 0.3) is 0 Å². The molecule has 1 aliphatic heterocycles. The second kappa shape index (κ2) is 3.12. The van der Waals surface area contributed by atoms with Crippen molar-refractivity contribution in [3.8, 4) is 0 Å². The second-order valence-electron chi connectivity index (χ2n) is 2.80. The number of ether oxygens (including phenoxy) is 1. The Kier molecular flexibility index (Phi) is 2.27. The number of halogens is 2. The van der Waals surface area contributed by atoms with E-state index < -0.39 is 0 Å². The number of aromatic nitrogens is 2. The zero-order chi connectivity index (χ0) is 8.72. The monoisotopic (exact) mass is 294 g/mol. The first kappa shape index (κ1) is 8.72. The molecule has 1 aromatic heterocycles. The molecule has 2 unspecified atom stereocenters. The van der Waals surface area contributed by atoms with Gasteiger partial charge in [0, 0.05) is 0 Å². The summed E-state index contributed by atoms with van der Waals surface area (Å²) in [7, 11) is 0. The van der Waals surface area contributed by atoms with E-state index in [1.807, 2.05) is 17.7 Å². The van der Waals surface area contributed by atoms with Crippen LogP contribution in [-0.2, 0) is 4.74 Å². The standard InChI is InChI=1S/C7H8Br2N2O/c1-4-2-6(8)11(10-4)5-3-12-7(5)9/h2,5,7H,3H2,1H3. The van der Waals surface area contributed by atoms with E-state index in [2.05, 4.69) is 37.0 Å². The van der Waals surface area contributed by atoms with Gasteiger partial charge in [0.05, 0.1) is 12.3 Å². The fourth-order valence-corrected chi connectivity index (χ4v) is 2.36. The lowest BCUT2D eigenvalue weighted by Crippen LogP contribution is -2.37. The van der Waals surface area contributed by atoms with Crippen LogP contribution < -0.4 is 0 Å². The van der Waals surface area contributed by atoms with E-state index in [0.717, 1.165) is 16.9 Å². The minimum absolute atomic E-state index is 0.105. The Morgan fingerprint density at radius 1 is 1.75 bits per heavy atom. The molecule has 1 aromatic rings. The van der Waals surface area contributed by atoms with Gasteiger partial charge in [-0.2, -0.15) is 5.10 Å². The van der Waals surface area contributed by atoms with E-state index in [4.69, 9.17) is 4.74 Å². The fraction of sp³-hybridized carbons (Fsp3) is 0.571. The molecular weight excluding hydrogens is 288 g/mol. The van der Waals surface area contributed by atoms with Gasteiger partial charge in [-0.1, -0.05) is 15.9 Å². The number of alkyl halides is 1. The van der Waals surface area contributed by atoms with E-state index in [-0.39, 0.29) is 5.01 Å². The smallest absolute Gasteiger partial charge is 0.137 e. The molecule has 1 fully saturated rings. The van der Waals surface area contributed by atoms with Crippen LogP contribution >= 0.6 is 31.9 Å². The highest BCUT2D eigenvalue weighted by Gasteiger charge is 2.33. The maximum atomic E-state index is 5.20. The number of rotatable bonds is 1. The fourth-order valence-electron chi connectivity index (χ4n) is 1.15. The van der Waals surface area contributed by atoms with Gasteiger partial charge in [-0.15, -0.1) is 0 Å². The van der Waals surface area contributed by atoms with Gasteiger partial charge >= 0.3 is 0 Å². The van der Waals surface area contributed by atoms with Crippen molar-refractivity contribution in [2.75, 3.05) is 6.61 Å². The van der Waals surface area contributed by atoms with Crippen molar-refractivity contribution >= 4 is 31.9 Å². The molecule has 0 aromatic carbocycles. The Balaban J connectivity index is 2.27. The van der Waals surface area contributed by atoms with Crippen LogP contribution in [0.2, 0.25) is 0 Å². The van der Waals surface area contributed by atoms with E-state index >= 15 is 0 Å². The molecule has 0 N–H and O–H groups in total. The van der Waals surface area contributed by atoms with Crippen molar-refractivity contribution in [2.45, 2.75) is 18.0 Å². The van der Waals surface area contributed by atoms with Gasteiger partial charge in [0.25, 0.3) is 0 Å². The summed E-state index contributed by atoms with van der Waals surface area (Å²) in [5, 5.41) is 4.45. The van der Waals surface area contributed by atoms with Crippen molar-refractivity contribution in [3.05, 3.63) is 16.4 Å². The van der Waals surface area contributed by atoms with Gasteiger partial charge in [-0.3, -0.25) is 0 Å². The summed E-state index contributed by atoms with van der Waals surface area (Å²) in [6.07, 6.45) is 0. The summed E-state index contributed by atoms with van der Waals surface area (Å²) in [5.74, 6) is 0. The van der Waals surface area contributed by atoms with E-state index in [9.17, 15) is 0 Å². The van der Waals surface area contributed by atoms with Crippen molar-refractivity contribution in [3.63, 3.8) is 0 Å². The van der Waals surface area contributed by atoms with Gasteiger partial charge in [0.15, 0.2) is 0 Å². The zero-order valence-electron chi connectivity index (χ0n) is 6.50. The lowest BCUT2D eigenvalue weighted by atomic mass is 10.3. The van der Waals surface area contributed by atoms with Gasteiger partial charge in [-0.25, -0.2) is 4.68 Å². The quantitative estimate of drug-likeness (QED) is 0.743. The highest BCUT2D eigenvalue weighted by atomic mass is 79.9. The first-order chi connectivity index (χ1) is 5.68. The van der Waals surface area contributed by atoms with Crippen LogP contribution in [0, 0.1) is 6.92 Å². The molecule has 0 radical (unpaired) electrons. The van der Waals surface area contributed by atoms with Crippen molar-refractivity contribution in [1.82, 2.24) is 9.78 Å². The average molecular weight is 296 g/mol. The van der Waals surface area contributed by atoms with Crippen LogP contribution in [0.5, 0.6) is 0 Å². The number of aryl methyl sites for hydroxylation is 1. The molecule has 2 rings (SSSR count). The number of hydrogen-bond donors (Lipinski definition) is 0. The molecule has 2 heterocycles. The average Bonchev–Trinajstić information content (AvgIpc) is 2.28. The molecule has 0 aliphatic carbocycles. The third-order valence-corrected chi connectivity index (χ3v) is 3.32. The molecule has 66 valence electrons. The first-order valence-corrected chi connectivity index (χ1v) is 5.36. The molecule has 0 saturated carbocycles. The van der Waals surface area contributed by atoms with Crippen LogP contribution in [0.4, 0.5) is 0 Å². The molecular formula is C7H8Br2N2O. The topological polar surface area (TPSA) is 27.1 Å². The van der Waals surface area contributed by atoms with Gasteiger partial charge < -0.3 is 4.74 Å². The SMILES string of the molecule is Cc1cc(Br)n(C2COC2Br)n1. The first-order valence-electron chi connectivity index (χ1n) is 3.66. The summed E-state index contributed by atoms with van der Waals surface area (Å²) < 4.78 is 8.15. The molecule has 0 amide bonds. The third kappa shape index (κ3) is 1.34. The number of hydrogen-bond acceptors (Lipinski definition) is 2. The summed E-state index contributed by atoms with van der Waals surface area (Å²) in [6.45, 7) is 2.71. The molecule has 0 spiro atoms. The molecule has 1 saturated heterocycles. The Bertz CT molecular complexity index is 300. The van der Waals surface area contributed by atoms with Crippen molar-refractivity contribution in [1.29, 1.82) is 0 Å². The lowest BCUT2D eigenvalue weighted by Gasteiger charge is -2.32.